The van der Waals surface area contributed by atoms with E-state index in [4.69, 9.17) is 24.2 Å². The molecule has 348 valence electrons. The summed E-state index contributed by atoms with van der Waals surface area (Å²) in [4.78, 5) is 35.7. The highest BCUT2D eigenvalue weighted by Gasteiger charge is 2.65. The number of fused-ring (bicyclic) bond motifs is 2. The maximum atomic E-state index is 14.4. The molecule has 5 rings (SSSR count). The number of allylic oxidation sites excluding steroid dienone is 1. The second-order valence-electron chi connectivity index (χ2n) is 18.8. The van der Waals surface area contributed by atoms with Crippen LogP contribution >= 0.6 is 0 Å². The topological polar surface area (TPSA) is 139 Å². The van der Waals surface area contributed by atoms with Crippen molar-refractivity contribution in [3.63, 3.8) is 0 Å². The number of likely N-dealkylation sites (N-methyl/N-ethyl adjacent to an activating group) is 1. The molecule has 6 atom stereocenters. The molecule has 1 aliphatic heterocycles. The summed E-state index contributed by atoms with van der Waals surface area (Å²) in [6.07, 6.45) is 19.3. The van der Waals surface area contributed by atoms with Gasteiger partial charge in [-0.15, -0.1) is 6.58 Å². The van der Waals surface area contributed by atoms with Gasteiger partial charge < -0.3 is 39.5 Å². The lowest BCUT2D eigenvalue weighted by Crippen LogP contribution is -2.69. The number of hydrogen-bond acceptors (Lipinski definition) is 9. The average molecular weight is 872 g/mol. The summed E-state index contributed by atoms with van der Waals surface area (Å²) in [5.41, 5.74) is 3.00. The second-order valence-corrected chi connectivity index (χ2v) is 18.8. The molecule has 0 unspecified atom stereocenters. The van der Waals surface area contributed by atoms with Crippen molar-refractivity contribution in [2.24, 2.45) is 22.9 Å². The number of nitrogens with zero attached hydrogens (tertiary/aromatic N) is 2. The standard InChI is InChI=1S/C52H77N3O8/c1-7-9-10-11-12-13-14-15-19-28-47(58)55(6)46-36-44(54-63-51(3,4)5)42-34-39(26-20-22-31-56)41(27-21-23-32-57)48-43-35-40(61-50(59)53-37-38-24-17-16-18-25-38)29-30-45(43)62-52(46,49(42)48)60-33-8-2/h8,16-18,24-25,29-30,34-35,39,41,46,48-49,56-57H,2,7,9-15,19-23,26-28,31-33,36-37H2,1,3-6H3,(H,53,59)/t39-,41+,46-,48+,49+,52+/m0/s1. The lowest BCUT2D eigenvalue weighted by molar-refractivity contribution is -0.255. The predicted molar refractivity (Wildman–Crippen MR) is 250 cm³/mol. The third-order valence-electron chi connectivity index (χ3n) is 12.9. The van der Waals surface area contributed by atoms with Crippen LogP contribution in [0.4, 0.5) is 4.79 Å². The van der Waals surface area contributed by atoms with E-state index in [1.54, 1.807) is 12.1 Å². The van der Waals surface area contributed by atoms with Crippen molar-refractivity contribution in [2.75, 3.05) is 26.9 Å². The molecule has 63 heavy (non-hydrogen) atoms. The number of carbonyl (C=O) groups excluding carboxylic acids is 2. The Labute approximate surface area is 377 Å². The zero-order valence-electron chi connectivity index (χ0n) is 39.0. The van der Waals surface area contributed by atoms with Crippen molar-refractivity contribution in [2.45, 2.75) is 167 Å². The Balaban J connectivity index is 1.58. The molecule has 3 N–H and O–H groups in total. The molecule has 0 saturated heterocycles. The summed E-state index contributed by atoms with van der Waals surface area (Å²) >= 11 is 0. The molecule has 1 fully saturated rings. The van der Waals surface area contributed by atoms with E-state index < -0.39 is 29.4 Å². The first-order valence-electron chi connectivity index (χ1n) is 24.0. The van der Waals surface area contributed by atoms with Gasteiger partial charge in [0, 0.05) is 51.1 Å². The zero-order chi connectivity index (χ0) is 45.2. The van der Waals surface area contributed by atoms with Crippen LogP contribution in [0.25, 0.3) is 0 Å². The van der Waals surface area contributed by atoms with Crippen LogP contribution in [0.2, 0.25) is 0 Å². The molecule has 0 spiro atoms. The summed E-state index contributed by atoms with van der Waals surface area (Å²) in [7, 11) is 1.87. The summed E-state index contributed by atoms with van der Waals surface area (Å²) in [6, 6.07) is 14.7. The molecule has 2 aromatic carbocycles. The van der Waals surface area contributed by atoms with Crippen LogP contribution in [0.5, 0.6) is 11.5 Å². The summed E-state index contributed by atoms with van der Waals surface area (Å²) in [5.74, 6) is -0.850. The Morgan fingerprint density at radius 3 is 2.29 bits per heavy atom. The molecule has 0 aromatic heterocycles. The fraction of sp³-hybridized carbons (Fsp3) is 0.635. The third-order valence-corrected chi connectivity index (χ3v) is 12.9. The number of benzene rings is 2. The Morgan fingerprint density at radius 1 is 0.937 bits per heavy atom. The number of rotatable bonds is 26. The Kier molecular flexibility index (Phi) is 19.6. The van der Waals surface area contributed by atoms with Crippen LogP contribution in [0, 0.1) is 17.8 Å². The Morgan fingerprint density at radius 2 is 1.62 bits per heavy atom. The molecule has 1 heterocycles. The van der Waals surface area contributed by atoms with Crippen molar-refractivity contribution in [1.29, 1.82) is 0 Å². The number of unbranched alkanes of at least 4 members (excludes halogenated alkanes) is 10. The van der Waals surface area contributed by atoms with Crippen molar-refractivity contribution >= 4 is 17.7 Å². The van der Waals surface area contributed by atoms with Gasteiger partial charge in [0.2, 0.25) is 11.7 Å². The first-order valence-corrected chi connectivity index (χ1v) is 24.0. The van der Waals surface area contributed by atoms with E-state index in [9.17, 15) is 19.8 Å². The van der Waals surface area contributed by atoms with E-state index in [0.717, 1.165) is 67.4 Å². The van der Waals surface area contributed by atoms with Gasteiger partial charge in [-0.1, -0.05) is 119 Å². The van der Waals surface area contributed by atoms with Crippen LogP contribution in [0.3, 0.4) is 0 Å². The number of amides is 2. The van der Waals surface area contributed by atoms with Crippen LogP contribution in [-0.4, -0.2) is 77.1 Å². The van der Waals surface area contributed by atoms with Crippen LogP contribution < -0.4 is 14.8 Å². The Hall–Kier alpha value is -4.19. The first kappa shape index (κ1) is 49.8. The van der Waals surface area contributed by atoms with Gasteiger partial charge in [0.25, 0.3) is 0 Å². The maximum Gasteiger partial charge on any atom is 0.412 e. The van der Waals surface area contributed by atoms with Gasteiger partial charge in [-0.25, -0.2) is 4.79 Å². The SMILES string of the molecule is C=CCO[C@@]12Oc3ccc(OC(=O)NCc4ccccc4)cc3[C@H]3[C@H](CCCCO)[C@@H](CCCCO)C=C(C(=NOC(C)(C)C)C[C@@H]1N(C)C(=O)CCCCCCCCCCC)[C@H]32. The molecule has 11 nitrogen and oxygen atoms in total. The molecular weight excluding hydrogens is 795 g/mol. The number of nitrogens with one attached hydrogen (secondary N) is 1. The lowest BCUT2D eigenvalue weighted by atomic mass is 9.55. The highest BCUT2D eigenvalue weighted by Crippen LogP contribution is 2.62. The van der Waals surface area contributed by atoms with Crippen molar-refractivity contribution in [3.05, 3.63) is 84.0 Å². The number of aliphatic hydroxyl groups excluding tert-OH is 2. The monoisotopic (exact) mass is 872 g/mol. The van der Waals surface area contributed by atoms with Crippen LogP contribution in [0.15, 0.2) is 78.0 Å². The van der Waals surface area contributed by atoms with Gasteiger partial charge in [-0.05, 0) is 94.0 Å². The lowest BCUT2D eigenvalue weighted by Gasteiger charge is -2.59. The molecule has 2 aromatic rings. The third kappa shape index (κ3) is 13.7. The summed E-state index contributed by atoms with van der Waals surface area (Å²) in [6.45, 7) is 12.9. The maximum absolute atomic E-state index is 14.4. The minimum atomic E-state index is -1.33. The van der Waals surface area contributed by atoms with Gasteiger partial charge in [0.05, 0.1) is 18.2 Å². The van der Waals surface area contributed by atoms with E-state index in [-0.39, 0.29) is 43.5 Å². The molecule has 0 radical (unpaired) electrons. The van der Waals surface area contributed by atoms with E-state index in [2.05, 4.69) is 24.9 Å². The molecule has 11 heteroatoms. The van der Waals surface area contributed by atoms with Crippen molar-refractivity contribution in [1.82, 2.24) is 10.2 Å². The molecule has 2 aliphatic carbocycles. The van der Waals surface area contributed by atoms with Crippen molar-refractivity contribution in [3.8, 4) is 11.5 Å². The van der Waals surface area contributed by atoms with Gasteiger partial charge in [0.1, 0.15) is 23.1 Å². The second kappa shape index (κ2) is 24.8. The molecule has 3 aliphatic rings. The zero-order valence-corrected chi connectivity index (χ0v) is 39.0. The minimum absolute atomic E-state index is 0.0291. The van der Waals surface area contributed by atoms with Gasteiger partial charge in [0.15, 0.2) is 0 Å². The minimum Gasteiger partial charge on any atom is -0.459 e. The van der Waals surface area contributed by atoms with E-state index in [0.29, 0.717) is 43.7 Å². The highest BCUT2D eigenvalue weighted by atomic mass is 16.7. The van der Waals surface area contributed by atoms with E-state index in [1.165, 1.54) is 38.5 Å². The summed E-state index contributed by atoms with van der Waals surface area (Å²) < 4.78 is 20.3. The van der Waals surface area contributed by atoms with Crippen LogP contribution in [-0.2, 0) is 20.9 Å². The predicted octanol–water partition coefficient (Wildman–Crippen LogP) is 10.8. The van der Waals surface area contributed by atoms with Gasteiger partial charge in [-0.2, -0.15) is 0 Å². The number of oxime groups is 1. The average Bonchev–Trinajstić information content (AvgIpc) is 3.27. The van der Waals surface area contributed by atoms with E-state index >= 15 is 0 Å². The smallest absolute Gasteiger partial charge is 0.412 e. The number of hydrogen-bond donors (Lipinski definition) is 3. The van der Waals surface area contributed by atoms with Gasteiger partial charge in [-0.3, -0.25) is 4.79 Å². The molecule has 2 amide bonds. The largest absolute Gasteiger partial charge is 0.459 e. The molecular formula is C52H77N3O8. The molecule has 1 saturated carbocycles. The summed E-state index contributed by atoms with van der Waals surface area (Å²) in [5, 5.41) is 27.6. The van der Waals surface area contributed by atoms with Gasteiger partial charge >= 0.3 is 6.09 Å². The number of aliphatic hydroxyl groups is 2. The highest BCUT2D eigenvalue weighted by molar-refractivity contribution is 6.03. The first-order chi connectivity index (χ1) is 30.5. The van der Waals surface area contributed by atoms with Crippen LogP contribution in [0.1, 0.15) is 154 Å². The van der Waals surface area contributed by atoms with Crippen molar-refractivity contribution < 1.29 is 38.9 Å². The number of carbonyl (C=O) groups is 2. The fourth-order valence-electron chi connectivity index (χ4n) is 9.83. The fourth-order valence-corrected chi connectivity index (χ4v) is 9.83. The normalized spacial score (nSPS) is 23.2. The Bertz CT molecular complexity index is 1810. The number of ether oxygens (including phenoxy) is 3. The molecule has 0 bridgehead atoms. The van der Waals surface area contributed by atoms with E-state index in [1.807, 2.05) is 75.2 Å². The quantitative estimate of drug-likeness (QED) is 0.0482.